The van der Waals surface area contributed by atoms with Crippen molar-refractivity contribution in [2.75, 3.05) is 0 Å². The summed E-state index contributed by atoms with van der Waals surface area (Å²) in [6.07, 6.45) is -2.63. The summed E-state index contributed by atoms with van der Waals surface area (Å²) in [5, 5.41) is 13.9. The molecule has 0 bridgehead atoms. The number of rotatable bonds is 3. The Balaban J connectivity index is 0.000000509. The number of hydrogen-bond acceptors (Lipinski definition) is 3. The number of aromatic nitrogens is 1. The number of carbonyl (C=O) groups is 1. The lowest BCUT2D eigenvalue weighted by atomic mass is 9.79. The van der Waals surface area contributed by atoms with E-state index in [1.165, 1.54) is 12.3 Å². The Morgan fingerprint density at radius 2 is 1.79 bits per heavy atom. The van der Waals surface area contributed by atoms with Crippen LogP contribution in [0.3, 0.4) is 0 Å². The second-order valence-electron chi connectivity index (χ2n) is 10.1. The Kier molecular flexibility index (Phi) is 9.74. The standard InChI is InChI=1S/C19H18ClF3N2O2.C6H16Si/c20-14-6-5-12(19(21,22)23)10-13(14)11-4-7-17(26)16(9-11)25-18(27)15-3-1-2-8-24-15;1-6(2,3)7(4)5/h1-3,5-6,8,10-11,16-17,26H,4,7,9H2,(H,25,27);7H,1-5H3/t11-,16-,17-;/m0./s1. The highest BCUT2D eigenvalue weighted by Gasteiger charge is 2.35. The molecule has 1 aromatic heterocycles. The molecule has 0 radical (unpaired) electrons. The molecule has 1 aliphatic rings. The SMILES string of the molecule is C[SiH](C)C(C)(C)C.O=C(N[C@H]1C[C@@H](c2cc(C(F)(F)F)ccc2Cl)CC[C@@H]1O)c1ccccn1. The van der Waals surface area contributed by atoms with Gasteiger partial charge in [0.1, 0.15) is 5.69 Å². The van der Waals surface area contributed by atoms with Gasteiger partial charge >= 0.3 is 6.18 Å². The molecule has 2 N–H and O–H groups in total. The van der Waals surface area contributed by atoms with Gasteiger partial charge in [-0.3, -0.25) is 9.78 Å². The minimum absolute atomic E-state index is 0.212. The summed E-state index contributed by atoms with van der Waals surface area (Å²) in [7, 11) is -0.359. The van der Waals surface area contributed by atoms with Crippen molar-refractivity contribution < 1.29 is 23.1 Å². The van der Waals surface area contributed by atoms with E-state index >= 15 is 0 Å². The molecule has 0 unspecified atom stereocenters. The molecule has 1 fully saturated rings. The highest BCUT2D eigenvalue weighted by molar-refractivity contribution is 6.59. The molecule has 0 spiro atoms. The van der Waals surface area contributed by atoms with E-state index in [1.807, 2.05) is 0 Å². The second kappa shape index (κ2) is 11.7. The van der Waals surface area contributed by atoms with E-state index in [-0.39, 0.29) is 25.4 Å². The van der Waals surface area contributed by atoms with Crippen LogP contribution >= 0.6 is 11.6 Å². The summed E-state index contributed by atoms with van der Waals surface area (Å²) < 4.78 is 39.1. The molecule has 1 amide bonds. The summed E-state index contributed by atoms with van der Waals surface area (Å²) >= 11 is 6.14. The second-order valence-corrected chi connectivity index (χ2v) is 14.6. The van der Waals surface area contributed by atoms with Crippen molar-refractivity contribution in [2.24, 2.45) is 0 Å². The summed E-state index contributed by atoms with van der Waals surface area (Å²) in [4.78, 5) is 16.3. The molecule has 3 atom stereocenters. The van der Waals surface area contributed by atoms with Gasteiger partial charge in [0.25, 0.3) is 5.91 Å². The summed E-state index contributed by atoms with van der Waals surface area (Å²) in [5.41, 5.74) is -0.165. The number of nitrogens with zero attached hydrogens (tertiary/aromatic N) is 1. The Morgan fingerprint density at radius 1 is 1.15 bits per heavy atom. The van der Waals surface area contributed by atoms with Crippen LogP contribution in [0.15, 0.2) is 42.6 Å². The number of aliphatic hydroxyl groups excluding tert-OH is 1. The van der Waals surface area contributed by atoms with Crippen molar-refractivity contribution in [3.8, 4) is 0 Å². The molecule has 188 valence electrons. The minimum Gasteiger partial charge on any atom is -0.391 e. The van der Waals surface area contributed by atoms with Gasteiger partial charge in [-0.1, -0.05) is 51.5 Å². The third-order valence-corrected chi connectivity index (χ3v) is 10.3. The van der Waals surface area contributed by atoms with Gasteiger partial charge in [0.05, 0.1) is 17.7 Å². The van der Waals surface area contributed by atoms with E-state index in [0.717, 1.165) is 12.1 Å². The van der Waals surface area contributed by atoms with E-state index in [2.05, 4.69) is 44.2 Å². The van der Waals surface area contributed by atoms with Crippen molar-refractivity contribution in [2.45, 2.75) is 82.4 Å². The summed E-state index contributed by atoms with van der Waals surface area (Å²) in [6, 6.07) is 7.55. The highest BCUT2D eigenvalue weighted by atomic mass is 35.5. The first-order chi connectivity index (χ1) is 15.7. The van der Waals surface area contributed by atoms with Crippen LogP contribution in [0.2, 0.25) is 23.2 Å². The van der Waals surface area contributed by atoms with Crippen LogP contribution in [-0.2, 0) is 6.18 Å². The predicted octanol–water partition coefficient (Wildman–Crippen LogP) is 6.45. The fraction of sp³-hybridized carbons (Fsp3) is 0.520. The van der Waals surface area contributed by atoms with Gasteiger partial charge in [-0.15, -0.1) is 0 Å². The maximum atomic E-state index is 13.0. The van der Waals surface area contributed by atoms with Crippen LogP contribution in [0, 0.1) is 0 Å². The van der Waals surface area contributed by atoms with Gasteiger partial charge < -0.3 is 10.4 Å². The fourth-order valence-electron chi connectivity index (χ4n) is 3.36. The smallest absolute Gasteiger partial charge is 0.391 e. The molecule has 1 heterocycles. The van der Waals surface area contributed by atoms with Crippen LogP contribution < -0.4 is 5.32 Å². The Labute approximate surface area is 206 Å². The zero-order valence-corrected chi connectivity index (χ0v) is 22.2. The quantitative estimate of drug-likeness (QED) is 0.462. The first-order valence-electron chi connectivity index (χ1n) is 11.5. The van der Waals surface area contributed by atoms with Crippen molar-refractivity contribution in [1.29, 1.82) is 0 Å². The van der Waals surface area contributed by atoms with Crippen LogP contribution in [-0.4, -0.2) is 36.9 Å². The van der Waals surface area contributed by atoms with E-state index in [9.17, 15) is 23.1 Å². The number of benzene rings is 1. The predicted molar refractivity (Wildman–Crippen MR) is 133 cm³/mol. The number of alkyl halides is 3. The van der Waals surface area contributed by atoms with Gasteiger partial charge in [-0.25, -0.2) is 0 Å². The van der Waals surface area contributed by atoms with Crippen LogP contribution in [0.1, 0.15) is 67.6 Å². The third kappa shape index (κ3) is 8.10. The van der Waals surface area contributed by atoms with Crippen molar-refractivity contribution in [1.82, 2.24) is 10.3 Å². The van der Waals surface area contributed by atoms with Gasteiger partial charge in [-0.05, 0) is 66.1 Å². The number of aliphatic hydroxyl groups is 1. The number of halogens is 4. The summed E-state index contributed by atoms with van der Waals surface area (Å²) in [5.74, 6) is -0.729. The normalized spacial score (nSPS) is 21.0. The number of pyridine rings is 1. The van der Waals surface area contributed by atoms with Gasteiger partial charge in [0.15, 0.2) is 0 Å². The highest BCUT2D eigenvalue weighted by Crippen LogP contribution is 2.40. The number of carbonyl (C=O) groups excluding carboxylic acids is 1. The molecule has 9 heteroatoms. The Bertz CT molecular complexity index is 949. The molecule has 0 saturated heterocycles. The van der Waals surface area contributed by atoms with E-state index in [1.54, 1.807) is 18.2 Å². The molecule has 3 rings (SSSR count). The first kappa shape index (κ1) is 28.3. The molecule has 1 aromatic carbocycles. The lowest BCUT2D eigenvalue weighted by Crippen LogP contribution is -2.46. The summed E-state index contributed by atoms with van der Waals surface area (Å²) in [6.45, 7) is 11.7. The van der Waals surface area contributed by atoms with Crippen molar-refractivity contribution in [3.63, 3.8) is 0 Å². The molecular weight excluding hydrogens is 481 g/mol. The van der Waals surface area contributed by atoms with Crippen LogP contribution in [0.4, 0.5) is 13.2 Å². The van der Waals surface area contributed by atoms with Gasteiger partial charge in [0.2, 0.25) is 0 Å². The average molecular weight is 515 g/mol. The lowest BCUT2D eigenvalue weighted by molar-refractivity contribution is -0.137. The third-order valence-electron chi connectivity index (χ3n) is 6.52. The molecule has 1 saturated carbocycles. The fourth-order valence-corrected chi connectivity index (χ4v) is 3.64. The zero-order chi connectivity index (χ0) is 25.7. The first-order valence-corrected chi connectivity index (χ1v) is 14.7. The monoisotopic (exact) mass is 514 g/mol. The number of hydrogen-bond donors (Lipinski definition) is 2. The van der Waals surface area contributed by atoms with Crippen molar-refractivity contribution in [3.05, 3.63) is 64.4 Å². The maximum absolute atomic E-state index is 13.0. The van der Waals surface area contributed by atoms with E-state index < -0.39 is 29.8 Å². The number of nitrogens with one attached hydrogen (secondary N) is 1. The van der Waals surface area contributed by atoms with Crippen molar-refractivity contribution >= 4 is 26.3 Å². The maximum Gasteiger partial charge on any atom is 0.416 e. The molecular formula is C25H34ClF3N2O2Si. The lowest BCUT2D eigenvalue weighted by Gasteiger charge is -2.34. The molecule has 34 heavy (non-hydrogen) atoms. The minimum atomic E-state index is -4.46. The van der Waals surface area contributed by atoms with E-state index in [0.29, 0.717) is 29.9 Å². The average Bonchev–Trinajstić information content (AvgIpc) is 2.75. The molecule has 2 aromatic rings. The molecule has 0 aliphatic heterocycles. The zero-order valence-electron chi connectivity index (χ0n) is 20.3. The molecule has 4 nitrogen and oxygen atoms in total. The Morgan fingerprint density at radius 3 is 2.32 bits per heavy atom. The topological polar surface area (TPSA) is 62.2 Å². The van der Waals surface area contributed by atoms with Crippen LogP contribution in [0.5, 0.6) is 0 Å². The van der Waals surface area contributed by atoms with E-state index in [4.69, 9.17) is 11.6 Å². The van der Waals surface area contributed by atoms with Gasteiger partial charge in [0, 0.05) is 20.0 Å². The van der Waals surface area contributed by atoms with Crippen LogP contribution in [0.25, 0.3) is 0 Å². The molecule has 1 aliphatic carbocycles. The Hall–Kier alpha value is -1.90. The largest absolute Gasteiger partial charge is 0.416 e. The van der Waals surface area contributed by atoms with Gasteiger partial charge in [-0.2, -0.15) is 13.2 Å². The number of amides is 1.